The van der Waals surface area contributed by atoms with E-state index in [-0.39, 0.29) is 11.8 Å². The van der Waals surface area contributed by atoms with Crippen LogP contribution in [0.5, 0.6) is 0 Å². The third-order valence-electron chi connectivity index (χ3n) is 2.87. The first kappa shape index (κ1) is 11.9. The maximum atomic E-state index is 12.1. The Bertz CT molecular complexity index is 608. The maximum Gasteiger partial charge on any atom is 0.262 e. The Morgan fingerprint density at radius 1 is 1.00 bits per heavy atom. The van der Waals surface area contributed by atoms with Crippen molar-refractivity contribution >= 4 is 23.6 Å². The molecule has 0 bridgehead atoms. The molecule has 0 aliphatic carbocycles. The van der Waals surface area contributed by atoms with Gasteiger partial charge in [-0.05, 0) is 24.3 Å². The van der Waals surface area contributed by atoms with Gasteiger partial charge in [0.15, 0.2) is 0 Å². The van der Waals surface area contributed by atoms with Crippen LogP contribution in [0, 0.1) is 0 Å². The van der Waals surface area contributed by atoms with Crippen molar-refractivity contribution in [1.82, 2.24) is 9.88 Å². The van der Waals surface area contributed by atoms with Crippen molar-refractivity contribution in [1.29, 1.82) is 0 Å². The van der Waals surface area contributed by atoms with Crippen molar-refractivity contribution in [3.8, 4) is 0 Å². The molecule has 0 radical (unpaired) electrons. The molecule has 0 saturated carbocycles. The SMILES string of the molecule is O=C1c2ccccc2C(=O)N1CSc1cccnc1. The molecule has 0 N–H and O–H groups in total. The number of carbonyl (C=O) groups excluding carboxylic acids is 2. The van der Waals surface area contributed by atoms with Crippen molar-refractivity contribution in [2.45, 2.75) is 4.90 Å². The topological polar surface area (TPSA) is 50.3 Å². The second-order valence-corrected chi connectivity index (χ2v) is 5.06. The zero-order valence-corrected chi connectivity index (χ0v) is 10.8. The number of thioether (sulfide) groups is 1. The van der Waals surface area contributed by atoms with E-state index in [4.69, 9.17) is 0 Å². The average Bonchev–Trinajstić information content (AvgIpc) is 2.71. The van der Waals surface area contributed by atoms with E-state index in [0.29, 0.717) is 17.0 Å². The lowest BCUT2D eigenvalue weighted by Crippen LogP contribution is -2.29. The number of fused-ring (bicyclic) bond motifs is 1. The molecular formula is C14H10N2O2S. The highest BCUT2D eigenvalue weighted by molar-refractivity contribution is 7.99. The van der Waals surface area contributed by atoms with Gasteiger partial charge in [-0.2, -0.15) is 0 Å². The van der Waals surface area contributed by atoms with Gasteiger partial charge in [0.1, 0.15) is 0 Å². The van der Waals surface area contributed by atoms with Gasteiger partial charge in [-0.3, -0.25) is 19.5 Å². The molecule has 19 heavy (non-hydrogen) atoms. The van der Waals surface area contributed by atoms with E-state index in [9.17, 15) is 9.59 Å². The molecule has 3 rings (SSSR count). The fourth-order valence-electron chi connectivity index (χ4n) is 1.93. The zero-order valence-electron chi connectivity index (χ0n) is 9.95. The summed E-state index contributed by atoms with van der Waals surface area (Å²) in [7, 11) is 0. The molecule has 2 amide bonds. The minimum atomic E-state index is -0.225. The Balaban J connectivity index is 1.78. The number of hydrogen-bond acceptors (Lipinski definition) is 4. The van der Waals surface area contributed by atoms with Gasteiger partial charge in [0.25, 0.3) is 11.8 Å². The van der Waals surface area contributed by atoms with E-state index in [1.54, 1.807) is 36.7 Å². The van der Waals surface area contributed by atoms with Crippen molar-refractivity contribution in [2.75, 3.05) is 5.88 Å². The molecule has 2 heterocycles. The van der Waals surface area contributed by atoms with E-state index in [1.165, 1.54) is 16.7 Å². The summed E-state index contributed by atoms with van der Waals surface area (Å²) in [6.07, 6.45) is 3.40. The molecule has 1 aromatic carbocycles. The lowest BCUT2D eigenvalue weighted by Gasteiger charge is -2.12. The Morgan fingerprint density at radius 3 is 2.26 bits per heavy atom. The number of imide groups is 1. The fourth-order valence-corrected chi connectivity index (χ4v) is 2.75. The summed E-state index contributed by atoms with van der Waals surface area (Å²) < 4.78 is 0. The normalized spacial score (nSPS) is 13.8. The van der Waals surface area contributed by atoms with Crippen LogP contribution in [-0.4, -0.2) is 27.6 Å². The molecule has 1 aliphatic rings. The smallest absolute Gasteiger partial charge is 0.262 e. The molecule has 1 aliphatic heterocycles. The first-order chi connectivity index (χ1) is 9.27. The van der Waals surface area contributed by atoms with Crippen LogP contribution in [-0.2, 0) is 0 Å². The highest BCUT2D eigenvalue weighted by Gasteiger charge is 2.34. The fraction of sp³-hybridized carbons (Fsp3) is 0.0714. The van der Waals surface area contributed by atoms with E-state index >= 15 is 0 Å². The van der Waals surface area contributed by atoms with Crippen molar-refractivity contribution in [2.24, 2.45) is 0 Å². The molecule has 0 unspecified atom stereocenters. The molecule has 1 aromatic heterocycles. The van der Waals surface area contributed by atoms with Crippen LogP contribution in [0.25, 0.3) is 0 Å². The average molecular weight is 270 g/mol. The van der Waals surface area contributed by atoms with Crippen LogP contribution in [0.4, 0.5) is 0 Å². The second-order valence-electron chi connectivity index (χ2n) is 4.05. The lowest BCUT2D eigenvalue weighted by atomic mass is 10.1. The quantitative estimate of drug-likeness (QED) is 0.635. The molecule has 0 saturated heterocycles. The van der Waals surface area contributed by atoms with Crippen LogP contribution < -0.4 is 0 Å². The van der Waals surface area contributed by atoms with Crippen LogP contribution in [0.15, 0.2) is 53.7 Å². The lowest BCUT2D eigenvalue weighted by molar-refractivity contribution is 0.0684. The summed E-state index contributed by atoms with van der Waals surface area (Å²) in [5.41, 5.74) is 0.971. The number of rotatable bonds is 3. The third-order valence-corrected chi connectivity index (χ3v) is 3.84. The number of amides is 2. The third kappa shape index (κ3) is 2.13. The first-order valence-electron chi connectivity index (χ1n) is 5.75. The first-order valence-corrected chi connectivity index (χ1v) is 6.74. The molecule has 0 fully saturated rings. The summed E-state index contributed by atoms with van der Waals surface area (Å²) in [4.78, 5) is 30.4. The van der Waals surface area contributed by atoms with Gasteiger partial charge >= 0.3 is 0 Å². The molecule has 2 aromatic rings. The van der Waals surface area contributed by atoms with E-state index in [0.717, 1.165) is 4.90 Å². The Kier molecular flexibility index (Phi) is 3.05. The Morgan fingerprint density at radius 2 is 1.68 bits per heavy atom. The molecule has 0 spiro atoms. The predicted octanol–water partition coefficient (Wildman–Crippen LogP) is 2.43. The number of aromatic nitrogens is 1. The van der Waals surface area contributed by atoms with E-state index in [1.807, 2.05) is 12.1 Å². The monoisotopic (exact) mass is 270 g/mol. The van der Waals surface area contributed by atoms with Crippen LogP contribution in [0.3, 0.4) is 0 Å². The van der Waals surface area contributed by atoms with Gasteiger partial charge in [0.05, 0.1) is 17.0 Å². The molecule has 0 atom stereocenters. The molecule has 94 valence electrons. The van der Waals surface area contributed by atoms with Crippen LogP contribution in [0.1, 0.15) is 20.7 Å². The zero-order chi connectivity index (χ0) is 13.2. The number of benzene rings is 1. The highest BCUT2D eigenvalue weighted by Crippen LogP contribution is 2.26. The van der Waals surface area contributed by atoms with Gasteiger partial charge < -0.3 is 0 Å². The number of nitrogens with zero attached hydrogens (tertiary/aromatic N) is 2. The molecule has 4 nitrogen and oxygen atoms in total. The minimum absolute atomic E-state index is 0.225. The molecule has 5 heteroatoms. The predicted molar refractivity (Wildman–Crippen MR) is 71.9 cm³/mol. The van der Waals surface area contributed by atoms with Crippen molar-refractivity contribution in [3.63, 3.8) is 0 Å². The number of carbonyl (C=O) groups is 2. The van der Waals surface area contributed by atoms with Crippen molar-refractivity contribution < 1.29 is 9.59 Å². The van der Waals surface area contributed by atoms with Gasteiger partial charge in [0, 0.05) is 17.3 Å². The van der Waals surface area contributed by atoms with Gasteiger partial charge in [0.2, 0.25) is 0 Å². The summed E-state index contributed by atoms with van der Waals surface area (Å²) in [5.74, 6) is -0.146. The highest BCUT2D eigenvalue weighted by atomic mass is 32.2. The standard InChI is InChI=1S/C14H10N2O2S/c17-13-11-5-1-2-6-12(11)14(18)16(13)9-19-10-4-3-7-15-8-10/h1-8H,9H2. The Hall–Kier alpha value is -2.14. The van der Waals surface area contributed by atoms with E-state index in [2.05, 4.69) is 4.98 Å². The maximum absolute atomic E-state index is 12.1. The molecular weight excluding hydrogens is 260 g/mol. The second kappa shape index (κ2) is 4.85. The number of pyridine rings is 1. The Labute approximate surface area is 114 Å². The minimum Gasteiger partial charge on any atom is -0.269 e. The summed E-state index contributed by atoms with van der Waals surface area (Å²) in [6, 6.07) is 10.6. The van der Waals surface area contributed by atoms with Crippen LogP contribution in [0.2, 0.25) is 0 Å². The van der Waals surface area contributed by atoms with E-state index < -0.39 is 0 Å². The summed E-state index contributed by atoms with van der Waals surface area (Å²) in [5, 5.41) is 0. The van der Waals surface area contributed by atoms with Gasteiger partial charge in [-0.25, -0.2) is 0 Å². The summed E-state index contributed by atoms with van der Waals surface area (Å²) in [6.45, 7) is 0. The van der Waals surface area contributed by atoms with Crippen LogP contribution >= 0.6 is 11.8 Å². The van der Waals surface area contributed by atoms with Crippen molar-refractivity contribution in [3.05, 3.63) is 59.9 Å². The largest absolute Gasteiger partial charge is 0.269 e. The van der Waals surface area contributed by atoms with Gasteiger partial charge in [-0.15, -0.1) is 11.8 Å². The summed E-state index contributed by atoms with van der Waals surface area (Å²) >= 11 is 1.42. The van der Waals surface area contributed by atoms with Gasteiger partial charge in [-0.1, -0.05) is 12.1 Å². The number of hydrogen-bond donors (Lipinski definition) is 0.